The number of anilines is 1. The lowest BCUT2D eigenvalue weighted by Crippen LogP contribution is -2.38. The van der Waals surface area contributed by atoms with Crippen LogP contribution in [-0.2, 0) is 0 Å². The van der Waals surface area contributed by atoms with E-state index in [0.29, 0.717) is 6.04 Å². The molecular formula is C16H26FN3. The van der Waals surface area contributed by atoms with E-state index in [1.54, 1.807) is 6.07 Å². The van der Waals surface area contributed by atoms with Crippen molar-refractivity contribution in [1.82, 2.24) is 10.2 Å². The summed E-state index contributed by atoms with van der Waals surface area (Å²) in [6.07, 6.45) is 2.37. The zero-order valence-corrected chi connectivity index (χ0v) is 13.0. The molecule has 0 radical (unpaired) electrons. The van der Waals surface area contributed by atoms with Crippen molar-refractivity contribution in [2.24, 2.45) is 0 Å². The highest BCUT2D eigenvalue weighted by Crippen LogP contribution is 2.33. The third-order valence-electron chi connectivity index (χ3n) is 4.16. The van der Waals surface area contributed by atoms with Gasteiger partial charge in [-0.1, -0.05) is 6.07 Å². The lowest BCUT2D eigenvalue weighted by molar-refractivity contribution is 0.371. The highest BCUT2D eigenvalue weighted by atomic mass is 19.1. The average Bonchev–Trinajstić information content (AvgIpc) is 2.84. The first-order chi connectivity index (χ1) is 9.54. The van der Waals surface area contributed by atoms with E-state index < -0.39 is 0 Å². The first-order valence-electron chi connectivity index (χ1n) is 7.41. The van der Waals surface area contributed by atoms with Crippen molar-refractivity contribution in [2.75, 3.05) is 39.1 Å². The molecule has 0 aromatic heterocycles. The molecule has 2 unspecified atom stereocenters. The van der Waals surface area contributed by atoms with E-state index in [1.165, 1.54) is 12.8 Å². The Labute approximate surface area is 121 Å². The summed E-state index contributed by atoms with van der Waals surface area (Å²) >= 11 is 0. The maximum absolute atomic E-state index is 14.3. The number of benzene rings is 1. The smallest absolute Gasteiger partial charge is 0.130 e. The van der Waals surface area contributed by atoms with Gasteiger partial charge in [-0.15, -0.1) is 0 Å². The molecule has 4 heteroatoms. The number of nitrogens with zero attached hydrogens (tertiary/aromatic N) is 2. The largest absolute Gasteiger partial charge is 0.367 e. The van der Waals surface area contributed by atoms with Gasteiger partial charge in [-0.05, 0) is 53.0 Å². The summed E-state index contributed by atoms with van der Waals surface area (Å²) in [6.45, 7) is 4.05. The molecule has 0 saturated carbocycles. The summed E-state index contributed by atoms with van der Waals surface area (Å²) in [7, 11) is 6.07. The molecule has 3 nitrogen and oxygen atoms in total. The van der Waals surface area contributed by atoms with Crippen LogP contribution in [0, 0.1) is 5.82 Å². The molecule has 2 rings (SSSR count). The number of likely N-dealkylation sites (N-methyl/N-ethyl adjacent to an activating group) is 1. The maximum Gasteiger partial charge on any atom is 0.130 e. The summed E-state index contributed by atoms with van der Waals surface area (Å²) in [5.41, 5.74) is 1.84. The number of hydrogen-bond acceptors (Lipinski definition) is 3. The minimum atomic E-state index is -0.111. The standard InChI is InChI=1S/C16H26FN3/c1-12(18-2)16-14(17)8-5-9-15(16)20-10-6-7-13(20)11-19(3)4/h5,8-9,12-13,18H,6-7,10-11H2,1-4H3. The lowest BCUT2D eigenvalue weighted by atomic mass is 10.0. The fourth-order valence-electron chi connectivity index (χ4n) is 3.11. The van der Waals surface area contributed by atoms with Crippen LogP contribution in [-0.4, -0.2) is 45.2 Å². The van der Waals surface area contributed by atoms with E-state index in [1.807, 2.05) is 20.0 Å². The Hall–Kier alpha value is -1.13. The molecule has 1 aromatic rings. The van der Waals surface area contributed by atoms with Crippen LogP contribution in [0.5, 0.6) is 0 Å². The Kier molecular flexibility index (Phi) is 5.00. The van der Waals surface area contributed by atoms with E-state index in [0.717, 1.165) is 24.3 Å². The van der Waals surface area contributed by atoms with Crippen molar-refractivity contribution >= 4 is 5.69 Å². The molecular weight excluding hydrogens is 253 g/mol. The van der Waals surface area contributed by atoms with E-state index in [2.05, 4.69) is 35.3 Å². The molecule has 0 aliphatic carbocycles. The fraction of sp³-hybridized carbons (Fsp3) is 0.625. The summed E-state index contributed by atoms with van der Waals surface area (Å²) in [5.74, 6) is -0.111. The van der Waals surface area contributed by atoms with Gasteiger partial charge in [-0.2, -0.15) is 0 Å². The minimum Gasteiger partial charge on any atom is -0.367 e. The van der Waals surface area contributed by atoms with E-state index >= 15 is 0 Å². The lowest BCUT2D eigenvalue weighted by Gasteiger charge is -2.32. The molecule has 0 spiro atoms. The molecule has 2 atom stereocenters. The molecule has 0 amide bonds. The quantitative estimate of drug-likeness (QED) is 0.894. The van der Waals surface area contributed by atoms with Gasteiger partial charge in [0.15, 0.2) is 0 Å². The predicted octanol–water partition coefficient (Wildman–Crippen LogP) is 2.64. The highest BCUT2D eigenvalue weighted by Gasteiger charge is 2.28. The molecule has 1 heterocycles. The average molecular weight is 279 g/mol. The molecule has 1 fully saturated rings. The van der Waals surface area contributed by atoms with Crippen LogP contribution in [0.3, 0.4) is 0 Å². The van der Waals surface area contributed by atoms with E-state index in [4.69, 9.17) is 0 Å². The normalized spacial score (nSPS) is 20.7. The van der Waals surface area contributed by atoms with Crippen molar-refractivity contribution in [1.29, 1.82) is 0 Å². The Balaban J connectivity index is 2.34. The molecule has 20 heavy (non-hydrogen) atoms. The second kappa shape index (κ2) is 6.55. The van der Waals surface area contributed by atoms with Crippen molar-refractivity contribution in [3.8, 4) is 0 Å². The second-order valence-electron chi connectivity index (χ2n) is 5.93. The fourth-order valence-corrected chi connectivity index (χ4v) is 3.11. The third-order valence-corrected chi connectivity index (χ3v) is 4.16. The molecule has 0 bridgehead atoms. The van der Waals surface area contributed by atoms with Crippen LogP contribution in [0.25, 0.3) is 0 Å². The Morgan fingerprint density at radius 1 is 1.45 bits per heavy atom. The van der Waals surface area contributed by atoms with Gasteiger partial charge in [0, 0.05) is 36.4 Å². The van der Waals surface area contributed by atoms with Gasteiger partial charge in [0.05, 0.1) is 0 Å². The van der Waals surface area contributed by atoms with Crippen LogP contribution < -0.4 is 10.2 Å². The zero-order chi connectivity index (χ0) is 14.7. The van der Waals surface area contributed by atoms with Crippen LogP contribution in [0.15, 0.2) is 18.2 Å². The molecule has 1 aromatic carbocycles. The summed E-state index contributed by atoms with van der Waals surface area (Å²) in [4.78, 5) is 4.59. The van der Waals surface area contributed by atoms with Crippen molar-refractivity contribution < 1.29 is 4.39 Å². The topological polar surface area (TPSA) is 18.5 Å². The van der Waals surface area contributed by atoms with Gasteiger partial charge in [0.2, 0.25) is 0 Å². The Morgan fingerprint density at radius 3 is 2.85 bits per heavy atom. The van der Waals surface area contributed by atoms with Crippen molar-refractivity contribution in [2.45, 2.75) is 31.8 Å². The van der Waals surface area contributed by atoms with Crippen LogP contribution in [0.1, 0.15) is 31.4 Å². The van der Waals surface area contributed by atoms with Gasteiger partial charge in [0.1, 0.15) is 5.82 Å². The first-order valence-corrected chi connectivity index (χ1v) is 7.41. The SMILES string of the molecule is CNC(C)c1c(F)cccc1N1CCCC1CN(C)C. The molecule has 1 N–H and O–H groups in total. The number of nitrogens with one attached hydrogen (secondary N) is 1. The Morgan fingerprint density at radius 2 is 2.20 bits per heavy atom. The van der Waals surface area contributed by atoms with Crippen LogP contribution in [0.4, 0.5) is 10.1 Å². The van der Waals surface area contributed by atoms with E-state index in [-0.39, 0.29) is 11.9 Å². The maximum atomic E-state index is 14.3. The minimum absolute atomic E-state index is 0.0202. The van der Waals surface area contributed by atoms with Gasteiger partial charge in [-0.3, -0.25) is 0 Å². The second-order valence-corrected chi connectivity index (χ2v) is 5.93. The summed E-state index contributed by atoms with van der Waals surface area (Å²) < 4.78 is 14.3. The van der Waals surface area contributed by atoms with E-state index in [9.17, 15) is 4.39 Å². The van der Waals surface area contributed by atoms with Gasteiger partial charge < -0.3 is 15.1 Å². The van der Waals surface area contributed by atoms with Gasteiger partial charge in [0.25, 0.3) is 0 Å². The Bertz CT molecular complexity index is 447. The monoisotopic (exact) mass is 279 g/mol. The zero-order valence-electron chi connectivity index (χ0n) is 13.0. The van der Waals surface area contributed by atoms with Crippen molar-refractivity contribution in [3.05, 3.63) is 29.6 Å². The summed E-state index contributed by atoms with van der Waals surface area (Å²) in [6, 6.07) is 5.94. The molecule has 1 saturated heterocycles. The number of rotatable bonds is 5. The molecule has 112 valence electrons. The molecule has 1 aliphatic rings. The molecule has 1 aliphatic heterocycles. The van der Waals surface area contributed by atoms with Crippen LogP contribution in [0.2, 0.25) is 0 Å². The van der Waals surface area contributed by atoms with Gasteiger partial charge >= 0.3 is 0 Å². The first kappa shape index (κ1) is 15.3. The number of halogens is 1. The summed E-state index contributed by atoms with van der Waals surface area (Å²) in [5, 5.41) is 3.16. The van der Waals surface area contributed by atoms with Crippen molar-refractivity contribution in [3.63, 3.8) is 0 Å². The number of hydrogen-bond donors (Lipinski definition) is 1. The predicted molar refractivity (Wildman–Crippen MR) is 82.8 cm³/mol. The van der Waals surface area contributed by atoms with Gasteiger partial charge in [-0.25, -0.2) is 4.39 Å². The third kappa shape index (κ3) is 3.13. The van der Waals surface area contributed by atoms with Crippen LogP contribution >= 0.6 is 0 Å². The highest BCUT2D eigenvalue weighted by molar-refractivity contribution is 5.57.